The van der Waals surface area contributed by atoms with Gasteiger partial charge in [-0.25, -0.2) is 0 Å². The van der Waals surface area contributed by atoms with Gasteiger partial charge in [0.05, 0.1) is 19.8 Å². The minimum atomic E-state index is -0.119. The molecule has 2 aromatic rings. The summed E-state index contributed by atoms with van der Waals surface area (Å²) in [7, 11) is 3.09. The molecule has 0 spiro atoms. The summed E-state index contributed by atoms with van der Waals surface area (Å²) < 4.78 is 10.5. The van der Waals surface area contributed by atoms with Crippen LogP contribution in [0.2, 0.25) is 0 Å². The molecule has 0 unspecified atom stereocenters. The summed E-state index contributed by atoms with van der Waals surface area (Å²) in [5.74, 6) is 0.922. The Kier molecular flexibility index (Phi) is 5.73. The highest BCUT2D eigenvalue weighted by molar-refractivity contribution is 5.98. The number of carbonyl (C=O) groups excluding carboxylic acids is 2. The molecule has 0 saturated carbocycles. The Hall–Kier alpha value is -3.22. The molecule has 0 aromatic heterocycles. The number of anilines is 1. The average molecular weight is 383 g/mol. The van der Waals surface area contributed by atoms with Gasteiger partial charge in [-0.05, 0) is 36.8 Å². The highest BCUT2D eigenvalue weighted by Gasteiger charge is 2.27. The van der Waals surface area contributed by atoms with E-state index in [9.17, 15) is 9.59 Å². The molecular weight excluding hydrogens is 358 g/mol. The molecule has 1 heterocycles. The monoisotopic (exact) mass is 383 g/mol. The maximum atomic E-state index is 12.9. The van der Waals surface area contributed by atoms with Crippen LogP contribution in [0, 0.1) is 6.92 Å². The van der Waals surface area contributed by atoms with Gasteiger partial charge in [-0.2, -0.15) is 0 Å². The Labute approximate surface area is 164 Å². The van der Waals surface area contributed by atoms with Crippen molar-refractivity contribution in [2.24, 2.45) is 0 Å². The minimum Gasteiger partial charge on any atom is -0.497 e. The van der Waals surface area contributed by atoms with Crippen LogP contribution in [0.5, 0.6) is 11.5 Å². The number of aryl methyl sites for hydroxylation is 1. The zero-order chi connectivity index (χ0) is 20.3. The van der Waals surface area contributed by atoms with Crippen LogP contribution in [0.25, 0.3) is 0 Å². The second kappa shape index (κ2) is 8.21. The van der Waals surface area contributed by atoms with E-state index in [-0.39, 0.29) is 11.8 Å². The second-order valence-electron chi connectivity index (χ2n) is 6.72. The van der Waals surface area contributed by atoms with Gasteiger partial charge in [-0.15, -0.1) is 0 Å². The summed E-state index contributed by atoms with van der Waals surface area (Å²) >= 11 is 0. The quantitative estimate of drug-likeness (QED) is 0.818. The minimum absolute atomic E-state index is 0.0565. The number of rotatable bonds is 4. The predicted octanol–water partition coefficient (Wildman–Crippen LogP) is 2.19. The topological polar surface area (TPSA) is 85.1 Å². The summed E-state index contributed by atoms with van der Waals surface area (Å²) in [5, 5.41) is 0. The largest absolute Gasteiger partial charge is 0.497 e. The zero-order valence-corrected chi connectivity index (χ0v) is 16.4. The standard InChI is InChI=1S/C21H25N3O4/c1-14-4-5-15(22)12-18(14)21(26)24-10-8-23(9-11-24)20(25)17-7-6-16(27-2)13-19(17)28-3/h4-7,12-13H,8-11,22H2,1-3H3. The van der Waals surface area contributed by atoms with E-state index in [1.165, 1.54) is 7.11 Å². The van der Waals surface area contributed by atoms with Crippen molar-refractivity contribution in [1.82, 2.24) is 9.80 Å². The SMILES string of the molecule is COc1ccc(C(=O)N2CCN(C(=O)c3cc(N)ccc3C)CC2)c(OC)c1. The van der Waals surface area contributed by atoms with Crippen molar-refractivity contribution in [2.75, 3.05) is 46.1 Å². The lowest BCUT2D eigenvalue weighted by Gasteiger charge is -2.35. The van der Waals surface area contributed by atoms with Crippen LogP contribution < -0.4 is 15.2 Å². The first-order valence-corrected chi connectivity index (χ1v) is 9.11. The lowest BCUT2D eigenvalue weighted by atomic mass is 10.1. The van der Waals surface area contributed by atoms with E-state index >= 15 is 0 Å². The molecule has 1 aliphatic rings. The van der Waals surface area contributed by atoms with Gasteiger partial charge in [0.25, 0.3) is 11.8 Å². The summed E-state index contributed by atoms with van der Waals surface area (Å²) in [6, 6.07) is 10.5. The number of nitrogens with zero attached hydrogens (tertiary/aromatic N) is 2. The van der Waals surface area contributed by atoms with Gasteiger partial charge in [0.15, 0.2) is 0 Å². The molecule has 7 heteroatoms. The molecule has 148 valence electrons. The van der Waals surface area contributed by atoms with E-state index in [1.807, 2.05) is 13.0 Å². The van der Waals surface area contributed by atoms with Crippen LogP contribution in [-0.4, -0.2) is 62.0 Å². The number of hydrogen-bond donors (Lipinski definition) is 1. The number of ether oxygens (including phenoxy) is 2. The van der Waals surface area contributed by atoms with Gasteiger partial charge in [-0.3, -0.25) is 9.59 Å². The molecule has 2 amide bonds. The fourth-order valence-electron chi connectivity index (χ4n) is 3.30. The van der Waals surface area contributed by atoms with Gasteiger partial charge in [0.1, 0.15) is 11.5 Å². The second-order valence-corrected chi connectivity index (χ2v) is 6.72. The van der Waals surface area contributed by atoms with Gasteiger partial charge in [0.2, 0.25) is 0 Å². The fraction of sp³-hybridized carbons (Fsp3) is 0.333. The van der Waals surface area contributed by atoms with E-state index in [1.54, 1.807) is 47.2 Å². The van der Waals surface area contributed by atoms with Crippen molar-refractivity contribution in [1.29, 1.82) is 0 Å². The summed E-state index contributed by atoms with van der Waals surface area (Å²) in [6.45, 7) is 3.75. The number of nitrogens with two attached hydrogens (primary N) is 1. The Morgan fingerprint density at radius 2 is 1.46 bits per heavy atom. The number of benzene rings is 2. The van der Waals surface area contributed by atoms with Crippen molar-refractivity contribution in [3.63, 3.8) is 0 Å². The van der Waals surface area contributed by atoms with Crippen LogP contribution in [0.15, 0.2) is 36.4 Å². The van der Waals surface area contributed by atoms with E-state index in [0.717, 1.165) is 5.56 Å². The molecule has 3 rings (SSSR count). The van der Waals surface area contributed by atoms with Crippen LogP contribution in [0.4, 0.5) is 5.69 Å². The number of methoxy groups -OCH3 is 2. The Bertz CT molecular complexity index is 889. The molecule has 2 aromatic carbocycles. The fourth-order valence-corrected chi connectivity index (χ4v) is 3.30. The molecule has 0 atom stereocenters. The van der Waals surface area contributed by atoms with E-state index < -0.39 is 0 Å². The molecule has 1 aliphatic heterocycles. The van der Waals surface area contributed by atoms with E-state index in [0.29, 0.717) is 54.5 Å². The van der Waals surface area contributed by atoms with Crippen molar-refractivity contribution in [3.05, 3.63) is 53.1 Å². The number of piperazine rings is 1. The first kappa shape index (κ1) is 19.5. The van der Waals surface area contributed by atoms with Crippen LogP contribution in [0.3, 0.4) is 0 Å². The smallest absolute Gasteiger partial charge is 0.257 e. The van der Waals surface area contributed by atoms with Gasteiger partial charge >= 0.3 is 0 Å². The van der Waals surface area contributed by atoms with Crippen molar-refractivity contribution in [3.8, 4) is 11.5 Å². The van der Waals surface area contributed by atoms with Crippen LogP contribution >= 0.6 is 0 Å². The van der Waals surface area contributed by atoms with Crippen LogP contribution in [-0.2, 0) is 0 Å². The molecule has 7 nitrogen and oxygen atoms in total. The summed E-state index contributed by atoms with van der Waals surface area (Å²) in [4.78, 5) is 29.2. The molecular formula is C21H25N3O4. The third-order valence-corrected chi connectivity index (χ3v) is 4.99. The molecule has 0 aliphatic carbocycles. The number of nitrogen functional groups attached to an aromatic ring is 1. The third-order valence-electron chi connectivity index (χ3n) is 4.99. The molecule has 2 N–H and O–H groups in total. The first-order chi connectivity index (χ1) is 13.4. The molecule has 0 radical (unpaired) electrons. The van der Waals surface area contributed by atoms with Gasteiger partial charge < -0.3 is 25.0 Å². The lowest BCUT2D eigenvalue weighted by molar-refractivity contribution is 0.0533. The summed E-state index contributed by atoms with van der Waals surface area (Å²) in [6.07, 6.45) is 0. The maximum Gasteiger partial charge on any atom is 0.257 e. The van der Waals surface area contributed by atoms with E-state index in [4.69, 9.17) is 15.2 Å². The van der Waals surface area contributed by atoms with Crippen LogP contribution in [0.1, 0.15) is 26.3 Å². The van der Waals surface area contributed by atoms with Crippen molar-refractivity contribution < 1.29 is 19.1 Å². The van der Waals surface area contributed by atoms with E-state index in [2.05, 4.69) is 0 Å². The summed E-state index contributed by atoms with van der Waals surface area (Å²) in [5.41, 5.74) is 8.37. The molecule has 1 saturated heterocycles. The lowest BCUT2D eigenvalue weighted by Crippen LogP contribution is -2.50. The zero-order valence-electron chi connectivity index (χ0n) is 16.4. The molecule has 1 fully saturated rings. The number of hydrogen-bond acceptors (Lipinski definition) is 5. The van der Waals surface area contributed by atoms with Crippen molar-refractivity contribution in [2.45, 2.75) is 6.92 Å². The molecule has 0 bridgehead atoms. The normalized spacial score (nSPS) is 14.0. The van der Waals surface area contributed by atoms with Gasteiger partial charge in [-0.1, -0.05) is 6.07 Å². The predicted molar refractivity (Wildman–Crippen MR) is 107 cm³/mol. The highest BCUT2D eigenvalue weighted by Crippen LogP contribution is 2.26. The van der Waals surface area contributed by atoms with Crippen molar-refractivity contribution >= 4 is 17.5 Å². The van der Waals surface area contributed by atoms with Gasteiger partial charge in [0, 0.05) is 43.5 Å². The first-order valence-electron chi connectivity index (χ1n) is 9.11. The highest BCUT2D eigenvalue weighted by atomic mass is 16.5. The molecule has 28 heavy (non-hydrogen) atoms. The number of carbonyl (C=O) groups is 2. The third kappa shape index (κ3) is 3.88. The Morgan fingerprint density at radius 1 is 0.857 bits per heavy atom. The Morgan fingerprint density at radius 3 is 2.04 bits per heavy atom. The number of amides is 2. The average Bonchev–Trinajstić information content (AvgIpc) is 2.74. The Balaban J connectivity index is 1.69. The maximum absolute atomic E-state index is 12.9.